The summed E-state index contributed by atoms with van der Waals surface area (Å²) >= 11 is 3.35. The molecule has 3 amide bonds. The number of aryl methyl sites for hydroxylation is 4. The highest BCUT2D eigenvalue weighted by atomic mass is 32.1. The number of thiazole rings is 1. The maximum atomic E-state index is 14.1. The Morgan fingerprint density at radius 3 is 2.29 bits per heavy atom. The topological polar surface area (TPSA) is 155 Å². The molecule has 5 heterocycles. The van der Waals surface area contributed by atoms with Crippen molar-refractivity contribution in [3.8, 4) is 15.4 Å². The van der Waals surface area contributed by atoms with Gasteiger partial charge in [0.15, 0.2) is 5.82 Å². The highest BCUT2D eigenvalue weighted by Crippen LogP contribution is 2.39. The van der Waals surface area contributed by atoms with E-state index in [9.17, 15) is 19.5 Å². The molecule has 0 radical (unpaired) electrons. The molecule has 3 aromatic heterocycles. The van der Waals surface area contributed by atoms with Crippen molar-refractivity contribution in [1.82, 2.24) is 35.3 Å². The summed E-state index contributed by atoms with van der Waals surface area (Å²) in [7, 11) is 0. The van der Waals surface area contributed by atoms with E-state index in [2.05, 4.69) is 75.4 Å². The number of hydrogen-bond donors (Lipinski definition) is 3. The Hall–Kier alpha value is -5.05. The van der Waals surface area contributed by atoms with E-state index in [-0.39, 0.29) is 42.8 Å². The zero-order valence-corrected chi connectivity index (χ0v) is 39.0. The van der Waals surface area contributed by atoms with E-state index in [0.29, 0.717) is 12.8 Å². The van der Waals surface area contributed by atoms with Crippen LogP contribution in [0, 0.1) is 33.1 Å². The van der Waals surface area contributed by atoms with Gasteiger partial charge in [-0.25, -0.2) is 4.98 Å². The van der Waals surface area contributed by atoms with Gasteiger partial charge in [-0.3, -0.25) is 23.9 Å². The molecule has 0 bridgehead atoms. The van der Waals surface area contributed by atoms with Crippen molar-refractivity contribution in [2.45, 2.75) is 138 Å². The number of aliphatic hydroxyl groups excluding tert-OH is 1. The largest absolute Gasteiger partial charge is 0.391 e. The first-order chi connectivity index (χ1) is 29.5. The molecule has 2 aliphatic heterocycles. The Morgan fingerprint density at radius 1 is 0.919 bits per heavy atom. The molecule has 12 nitrogen and oxygen atoms in total. The molecule has 14 heteroatoms. The van der Waals surface area contributed by atoms with Crippen LogP contribution in [0.15, 0.2) is 59.0 Å². The number of benzene rings is 2. The quantitative estimate of drug-likeness (QED) is 0.0946. The Morgan fingerprint density at radius 2 is 1.61 bits per heavy atom. The monoisotopic (exact) mass is 876 g/mol. The van der Waals surface area contributed by atoms with Gasteiger partial charge in [-0.2, -0.15) is 0 Å². The van der Waals surface area contributed by atoms with Crippen LogP contribution in [0.5, 0.6) is 0 Å². The number of fused-ring (bicyclic) bond motifs is 3. The number of carbonyl (C=O) groups excluding carboxylic acids is 3. The summed E-state index contributed by atoms with van der Waals surface area (Å²) in [5.41, 5.74) is 9.92. The predicted octanol–water partition coefficient (Wildman–Crippen LogP) is 8.46. The SMILES string of the molecule is Cc1ncsc1-c1ccc([C@H](C)NC(=O)[C@@H]2C[C@@H](O)CN2C(=O)C(NC(=O)CCCCCCc2ccc(C3=N[C@@H](C)c4nnc(C)n4-c4sc(C)c(C)c43)cc2)C(C)(C)C)cc1. The van der Waals surface area contributed by atoms with Gasteiger partial charge in [-0.1, -0.05) is 82.1 Å². The molecule has 5 atom stereocenters. The van der Waals surface area contributed by atoms with Crippen molar-refractivity contribution in [2.75, 3.05) is 6.54 Å². The lowest BCUT2D eigenvalue weighted by molar-refractivity contribution is -0.144. The molecular formula is C48H60N8O4S2. The predicted molar refractivity (Wildman–Crippen MR) is 247 cm³/mol. The number of unbranched alkanes of at least 4 members (excludes halogenated alkanes) is 3. The van der Waals surface area contributed by atoms with Crippen LogP contribution in [0.1, 0.15) is 135 Å². The fraction of sp³-hybridized carbons (Fsp3) is 0.479. The lowest BCUT2D eigenvalue weighted by Crippen LogP contribution is -2.57. The van der Waals surface area contributed by atoms with Crippen LogP contribution in [-0.4, -0.2) is 77.9 Å². The molecule has 2 aromatic carbocycles. The van der Waals surface area contributed by atoms with Gasteiger partial charge in [0.05, 0.1) is 33.9 Å². The van der Waals surface area contributed by atoms with Crippen molar-refractivity contribution in [1.29, 1.82) is 0 Å². The third kappa shape index (κ3) is 9.62. The summed E-state index contributed by atoms with van der Waals surface area (Å²) in [6, 6.07) is 14.6. The van der Waals surface area contributed by atoms with E-state index in [0.717, 1.165) is 80.9 Å². The summed E-state index contributed by atoms with van der Waals surface area (Å²) in [4.78, 5) is 54.5. The number of likely N-dealkylation sites (tertiary alicyclic amines) is 1. The number of rotatable bonds is 14. The van der Waals surface area contributed by atoms with E-state index >= 15 is 0 Å². The number of aromatic nitrogens is 4. The first kappa shape index (κ1) is 45.0. The number of thiophene rings is 1. The Balaban J connectivity index is 0.885. The number of nitrogens with one attached hydrogen (secondary N) is 2. The Labute approximate surface area is 373 Å². The summed E-state index contributed by atoms with van der Waals surface area (Å²) in [5.74, 6) is 0.860. The van der Waals surface area contributed by atoms with Crippen molar-refractivity contribution < 1.29 is 19.5 Å². The number of aliphatic imine (C=N–C) groups is 1. The minimum atomic E-state index is -0.853. The maximum Gasteiger partial charge on any atom is 0.246 e. The molecule has 1 unspecified atom stereocenters. The minimum Gasteiger partial charge on any atom is -0.391 e. The first-order valence-electron chi connectivity index (χ1n) is 21.8. The van der Waals surface area contributed by atoms with E-state index < -0.39 is 23.6 Å². The van der Waals surface area contributed by atoms with Crippen molar-refractivity contribution in [3.05, 3.63) is 104 Å². The molecule has 1 saturated heterocycles. The van der Waals surface area contributed by atoms with E-state index in [1.54, 1.807) is 22.7 Å². The fourth-order valence-electron chi connectivity index (χ4n) is 8.53. The van der Waals surface area contributed by atoms with E-state index in [1.807, 2.05) is 71.3 Å². The van der Waals surface area contributed by atoms with E-state index in [1.165, 1.54) is 20.9 Å². The average Bonchev–Trinajstić information content (AvgIpc) is 4.00. The summed E-state index contributed by atoms with van der Waals surface area (Å²) in [5, 5.41) is 26.7. The molecule has 7 rings (SSSR count). The third-order valence-electron chi connectivity index (χ3n) is 12.3. The third-order valence-corrected chi connectivity index (χ3v) is 14.4. The molecule has 328 valence electrons. The van der Waals surface area contributed by atoms with Gasteiger partial charge < -0.3 is 20.6 Å². The van der Waals surface area contributed by atoms with Crippen molar-refractivity contribution in [2.24, 2.45) is 10.4 Å². The van der Waals surface area contributed by atoms with Crippen LogP contribution >= 0.6 is 22.7 Å². The number of amides is 3. The second-order valence-corrected chi connectivity index (χ2v) is 20.1. The lowest BCUT2D eigenvalue weighted by Gasteiger charge is -2.35. The number of nitrogens with zero attached hydrogens (tertiary/aromatic N) is 6. The van der Waals surface area contributed by atoms with Gasteiger partial charge in [0.1, 0.15) is 29.0 Å². The molecule has 3 N–H and O–H groups in total. The second kappa shape index (κ2) is 18.7. The highest BCUT2D eigenvalue weighted by Gasteiger charge is 2.44. The number of β-amino-alcohol motifs (C(OH)–C–C–N with tert-alkyl or cyclic N) is 1. The van der Waals surface area contributed by atoms with Crippen molar-refractivity contribution >= 4 is 46.1 Å². The zero-order chi connectivity index (χ0) is 44.5. The summed E-state index contributed by atoms with van der Waals surface area (Å²) in [6.07, 6.45) is 4.12. The number of aliphatic hydroxyl groups is 1. The second-order valence-electron chi connectivity index (χ2n) is 18.1. The number of carbonyl (C=O) groups is 3. The molecular weight excluding hydrogens is 817 g/mol. The first-order valence-corrected chi connectivity index (χ1v) is 23.5. The van der Waals surface area contributed by atoms with Gasteiger partial charge in [0.2, 0.25) is 17.7 Å². The van der Waals surface area contributed by atoms with Crippen LogP contribution in [-0.2, 0) is 20.8 Å². The molecule has 5 aromatic rings. The van der Waals surface area contributed by atoms with Gasteiger partial charge >= 0.3 is 0 Å². The molecule has 2 aliphatic rings. The van der Waals surface area contributed by atoms with Gasteiger partial charge in [-0.15, -0.1) is 32.9 Å². The maximum absolute atomic E-state index is 14.1. The highest BCUT2D eigenvalue weighted by molar-refractivity contribution is 7.15. The lowest BCUT2D eigenvalue weighted by atomic mass is 9.85. The van der Waals surface area contributed by atoms with E-state index in [4.69, 9.17) is 4.99 Å². The van der Waals surface area contributed by atoms with Crippen LogP contribution in [0.2, 0.25) is 0 Å². The molecule has 0 spiro atoms. The van der Waals surface area contributed by atoms with Crippen molar-refractivity contribution in [3.63, 3.8) is 0 Å². The van der Waals surface area contributed by atoms with Gasteiger partial charge in [0.25, 0.3) is 0 Å². The standard InChI is InChI=1S/C48H60N8O4S2/c1-27-31(5)62-47-40(27)41(50-30(4)44-54-53-32(6)56(44)47)35-18-16-33(17-19-35)14-12-10-11-13-15-39(58)52-43(48(7,8)9)46(60)55-25-37(57)24-38(55)45(59)51-28(2)34-20-22-36(23-21-34)42-29(3)49-26-61-42/h16-23,26,28,30,37-38,43,57H,10-15,24-25H2,1-9H3,(H,51,59)(H,52,58)/t28-,30-,37+,38-,43?/m0/s1. The average molecular weight is 877 g/mol. The zero-order valence-electron chi connectivity index (χ0n) is 37.4. The minimum absolute atomic E-state index is 0.0343. The van der Waals surface area contributed by atoms with Crippen LogP contribution < -0.4 is 10.6 Å². The Kier molecular flexibility index (Phi) is 13.6. The van der Waals surface area contributed by atoms with Crippen LogP contribution in [0.3, 0.4) is 0 Å². The molecule has 0 aliphatic carbocycles. The fourth-order valence-corrected chi connectivity index (χ4v) is 10.6. The van der Waals surface area contributed by atoms with Gasteiger partial charge in [0, 0.05) is 35.4 Å². The van der Waals surface area contributed by atoms with Gasteiger partial charge in [-0.05, 0) is 88.5 Å². The summed E-state index contributed by atoms with van der Waals surface area (Å²) < 4.78 is 2.16. The molecule has 0 saturated carbocycles. The Bertz CT molecular complexity index is 2440. The molecule has 62 heavy (non-hydrogen) atoms. The normalized spacial score (nSPS) is 18.4. The smallest absolute Gasteiger partial charge is 0.246 e. The number of hydrogen-bond acceptors (Lipinski definition) is 10. The van der Waals surface area contributed by atoms with Crippen LogP contribution in [0.4, 0.5) is 0 Å². The summed E-state index contributed by atoms with van der Waals surface area (Å²) in [6.45, 7) is 18.0. The van der Waals surface area contributed by atoms with Crippen LogP contribution in [0.25, 0.3) is 15.4 Å². The molecule has 1 fully saturated rings.